The number of H-pyrrole nitrogens is 1. The van der Waals surface area contributed by atoms with Crippen molar-refractivity contribution in [3.63, 3.8) is 0 Å². The monoisotopic (exact) mass is 319 g/mol. The molecule has 7 heteroatoms. The molecule has 0 bridgehead atoms. The first kappa shape index (κ1) is 15.2. The van der Waals surface area contributed by atoms with Crippen LogP contribution in [0.5, 0.6) is 5.75 Å². The molecule has 0 saturated carbocycles. The first-order chi connectivity index (χ1) is 11.1. The van der Waals surface area contributed by atoms with Gasteiger partial charge in [-0.1, -0.05) is 24.3 Å². The third-order valence-corrected chi connectivity index (χ3v) is 3.32. The highest BCUT2D eigenvalue weighted by atomic mass is 19.3. The molecular weight excluding hydrogens is 304 g/mol. The highest BCUT2D eigenvalue weighted by Crippen LogP contribution is 2.21. The van der Waals surface area contributed by atoms with Crippen molar-refractivity contribution in [1.82, 2.24) is 9.97 Å². The van der Waals surface area contributed by atoms with Crippen LogP contribution in [0.15, 0.2) is 48.5 Å². The van der Waals surface area contributed by atoms with E-state index in [1.54, 1.807) is 12.1 Å². The van der Waals surface area contributed by atoms with Crippen LogP contribution in [0.1, 0.15) is 11.7 Å². The average molecular weight is 319 g/mol. The number of anilines is 1. The maximum atomic E-state index is 12.2. The number of imidazole rings is 1. The number of aliphatic hydroxyl groups excluding tert-OH is 1. The minimum absolute atomic E-state index is 0.0142. The molecule has 0 aliphatic heterocycles. The molecule has 2 aromatic carbocycles. The average Bonchev–Trinajstić information content (AvgIpc) is 2.95. The first-order valence-electron chi connectivity index (χ1n) is 7.03. The molecule has 1 atom stereocenters. The molecule has 0 radical (unpaired) electrons. The standard InChI is InChI=1S/C16H15F2N3O2/c17-15(18)23-11-5-3-4-10(8-11)14(22)9-19-16-20-12-6-1-2-7-13(12)21-16/h1-8,14-15,22H,9H2,(H2,19,20,21). The summed E-state index contributed by atoms with van der Waals surface area (Å²) in [5.74, 6) is 0.547. The first-order valence-corrected chi connectivity index (χ1v) is 7.03. The van der Waals surface area contributed by atoms with Crippen LogP contribution in [0.4, 0.5) is 14.7 Å². The van der Waals surface area contributed by atoms with Gasteiger partial charge in [-0.25, -0.2) is 4.98 Å². The Morgan fingerprint density at radius 1 is 1.17 bits per heavy atom. The molecule has 3 aromatic rings. The summed E-state index contributed by atoms with van der Waals surface area (Å²) in [5, 5.41) is 13.2. The highest BCUT2D eigenvalue weighted by molar-refractivity contribution is 5.77. The van der Waals surface area contributed by atoms with E-state index in [1.165, 1.54) is 12.1 Å². The Kier molecular flexibility index (Phi) is 4.38. The lowest BCUT2D eigenvalue weighted by Crippen LogP contribution is -2.13. The Labute approximate surface area is 130 Å². The summed E-state index contributed by atoms with van der Waals surface area (Å²) in [6.07, 6.45) is -0.885. The van der Waals surface area contributed by atoms with Crippen LogP contribution in [0.3, 0.4) is 0 Å². The molecule has 120 valence electrons. The van der Waals surface area contributed by atoms with Crippen LogP contribution in [-0.2, 0) is 0 Å². The summed E-state index contributed by atoms with van der Waals surface area (Å²) in [7, 11) is 0. The van der Waals surface area contributed by atoms with Gasteiger partial charge in [0.05, 0.1) is 17.1 Å². The lowest BCUT2D eigenvalue weighted by atomic mass is 10.1. The van der Waals surface area contributed by atoms with Crippen molar-refractivity contribution >= 4 is 17.0 Å². The Morgan fingerprint density at radius 3 is 2.78 bits per heavy atom. The number of aromatic nitrogens is 2. The van der Waals surface area contributed by atoms with E-state index in [2.05, 4.69) is 20.0 Å². The lowest BCUT2D eigenvalue weighted by molar-refractivity contribution is -0.0499. The summed E-state index contributed by atoms with van der Waals surface area (Å²) < 4.78 is 28.8. The quantitative estimate of drug-likeness (QED) is 0.652. The number of aliphatic hydroxyl groups is 1. The minimum atomic E-state index is -2.89. The van der Waals surface area contributed by atoms with Gasteiger partial charge in [0.25, 0.3) is 0 Å². The van der Waals surface area contributed by atoms with Crippen molar-refractivity contribution < 1.29 is 18.6 Å². The van der Waals surface area contributed by atoms with Crippen molar-refractivity contribution in [3.05, 3.63) is 54.1 Å². The lowest BCUT2D eigenvalue weighted by Gasteiger charge is -2.13. The van der Waals surface area contributed by atoms with E-state index >= 15 is 0 Å². The molecule has 1 heterocycles. The van der Waals surface area contributed by atoms with Crippen molar-refractivity contribution in [2.24, 2.45) is 0 Å². The van der Waals surface area contributed by atoms with E-state index in [-0.39, 0.29) is 12.3 Å². The number of nitrogens with one attached hydrogen (secondary N) is 2. The van der Waals surface area contributed by atoms with Crippen molar-refractivity contribution in [1.29, 1.82) is 0 Å². The second-order valence-corrected chi connectivity index (χ2v) is 4.95. The van der Waals surface area contributed by atoms with Crippen LogP contribution >= 0.6 is 0 Å². The number of alkyl halides is 2. The summed E-state index contributed by atoms with van der Waals surface area (Å²) in [6, 6.07) is 13.5. The van der Waals surface area contributed by atoms with E-state index < -0.39 is 12.7 Å². The van der Waals surface area contributed by atoms with Gasteiger partial charge >= 0.3 is 6.61 Å². The molecule has 1 unspecified atom stereocenters. The van der Waals surface area contributed by atoms with Gasteiger partial charge in [-0.3, -0.25) is 0 Å². The number of hydrogen-bond acceptors (Lipinski definition) is 4. The molecule has 0 aliphatic rings. The SMILES string of the molecule is OC(CNc1nc2ccccc2[nH]1)c1cccc(OC(F)F)c1. The molecule has 0 aliphatic carbocycles. The van der Waals surface area contributed by atoms with Crippen molar-refractivity contribution in [2.45, 2.75) is 12.7 Å². The maximum absolute atomic E-state index is 12.2. The number of aromatic amines is 1. The fourth-order valence-electron chi connectivity index (χ4n) is 2.25. The molecule has 0 saturated heterocycles. The number of hydrogen-bond donors (Lipinski definition) is 3. The van der Waals surface area contributed by atoms with Gasteiger partial charge in [-0.2, -0.15) is 8.78 Å². The number of rotatable bonds is 6. The van der Waals surface area contributed by atoms with Crippen molar-refractivity contribution in [3.8, 4) is 5.75 Å². The van der Waals surface area contributed by atoms with Gasteiger partial charge in [-0.05, 0) is 29.8 Å². The van der Waals surface area contributed by atoms with Gasteiger partial charge in [-0.15, -0.1) is 0 Å². The Hall–Kier alpha value is -2.67. The predicted octanol–water partition coefficient (Wildman–Crippen LogP) is 3.31. The summed E-state index contributed by atoms with van der Waals surface area (Å²) >= 11 is 0. The van der Waals surface area contributed by atoms with Crippen LogP contribution in [0, 0.1) is 0 Å². The molecule has 0 amide bonds. The molecule has 0 spiro atoms. The molecular formula is C16H15F2N3O2. The zero-order valence-electron chi connectivity index (χ0n) is 12.0. The topological polar surface area (TPSA) is 70.2 Å². The highest BCUT2D eigenvalue weighted by Gasteiger charge is 2.11. The minimum Gasteiger partial charge on any atom is -0.435 e. The predicted molar refractivity (Wildman–Crippen MR) is 82.6 cm³/mol. The molecule has 3 N–H and O–H groups in total. The fourth-order valence-corrected chi connectivity index (χ4v) is 2.25. The number of para-hydroxylation sites is 2. The maximum Gasteiger partial charge on any atom is 0.387 e. The number of halogens is 2. The van der Waals surface area contributed by atoms with E-state index in [0.717, 1.165) is 11.0 Å². The third kappa shape index (κ3) is 3.75. The van der Waals surface area contributed by atoms with E-state index in [1.807, 2.05) is 24.3 Å². The zero-order chi connectivity index (χ0) is 16.2. The Bertz CT molecular complexity index is 759. The van der Waals surface area contributed by atoms with Gasteiger partial charge in [0, 0.05) is 6.54 Å². The van der Waals surface area contributed by atoms with Gasteiger partial charge < -0.3 is 20.1 Å². The second-order valence-electron chi connectivity index (χ2n) is 4.95. The van der Waals surface area contributed by atoms with Gasteiger partial charge in [0.2, 0.25) is 5.95 Å². The van der Waals surface area contributed by atoms with Gasteiger partial charge in [0.1, 0.15) is 5.75 Å². The second kappa shape index (κ2) is 6.62. The summed E-state index contributed by atoms with van der Waals surface area (Å²) in [6.45, 7) is -2.71. The zero-order valence-corrected chi connectivity index (χ0v) is 12.0. The normalized spacial score (nSPS) is 12.5. The number of fused-ring (bicyclic) bond motifs is 1. The fraction of sp³-hybridized carbons (Fsp3) is 0.188. The largest absolute Gasteiger partial charge is 0.435 e. The number of benzene rings is 2. The molecule has 3 rings (SSSR count). The number of nitrogens with zero attached hydrogens (tertiary/aromatic N) is 1. The van der Waals surface area contributed by atoms with E-state index in [0.29, 0.717) is 11.5 Å². The van der Waals surface area contributed by atoms with Crippen LogP contribution in [-0.4, -0.2) is 28.2 Å². The summed E-state index contributed by atoms with van der Waals surface area (Å²) in [5.41, 5.74) is 2.18. The molecule has 23 heavy (non-hydrogen) atoms. The van der Waals surface area contributed by atoms with Crippen molar-refractivity contribution in [2.75, 3.05) is 11.9 Å². The molecule has 5 nitrogen and oxygen atoms in total. The van der Waals surface area contributed by atoms with Crippen LogP contribution in [0.2, 0.25) is 0 Å². The van der Waals surface area contributed by atoms with E-state index in [4.69, 9.17) is 0 Å². The Morgan fingerprint density at radius 2 is 2.00 bits per heavy atom. The molecule has 0 fully saturated rings. The third-order valence-electron chi connectivity index (χ3n) is 3.32. The van der Waals surface area contributed by atoms with Crippen LogP contribution in [0.25, 0.3) is 11.0 Å². The molecule has 1 aromatic heterocycles. The Balaban J connectivity index is 1.65. The summed E-state index contributed by atoms with van der Waals surface area (Å²) in [4.78, 5) is 7.42. The van der Waals surface area contributed by atoms with E-state index in [9.17, 15) is 13.9 Å². The number of ether oxygens (including phenoxy) is 1. The van der Waals surface area contributed by atoms with Crippen LogP contribution < -0.4 is 10.1 Å². The smallest absolute Gasteiger partial charge is 0.387 e. The van der Waals surface area contributed by atoms with Gasteiger partial charge in [0.15, 0.2) is 0 Å².